The first-order valence-corrected chi connectivity index (χ1v) is 28.8. The minimum Gasteiger partial charge on any atom is -0.453 e. The van der Waals surface area contributed by atoms with Crippen molar-refractivity contribution in [3.05, 3.63) is 107 Å². The summed E-state index contributed by atoms with van der Waals surface area (Å²) in [5, 5.41) is 5.52. The number of carbonyl (C=O) groups excluding carboxylic acids is 4. The van der Waals surface area contributed by atoms with Crippen molar-refractivity contribution in [1.82, 2.24) is 40.4 Å². The SMILES string of the molecule is COC(=O)NC(CCSC)C(=O)N1CC2(CC1c1nc3ccc(-c4cc5ccc4CCc4ccc(c(-c6ccc7nc(C8CC9(CN8C(=O)C(CCSC)NC(=O)OC)OCCO9)[nH]c7c6)c4)CC5)cc3[nH]1)OCCO2. The van der Waals surface area contributed by atoms with E-state index in [1.54, 1.807) is 33.3 Å². The Labute approximate surface area is 449 Å². The van der Waals surface area contributed by atoms with Gasteiger partial charge in [0.25, 0.3) is 0 Å². The first-order valence-electron chi connectivity index (χ1n) is 26.0. The predicted molar refractivity (Wildman–Crippen MR) is 290 cm³/mol. The van der Waals surface area contributed by atoms with E-state index in [2.05, 4.69) is 81.3 Å². The van der Waals surface area contributed by atoms with Crippen LogP contribution in [-0.2, 0) is 63.7 Å². The number of aromatic nitrogens is 4. The van der Waals surface area contributed by atoms with E-state index >= 15 is 0 Å². The minimum atomic E-state index is -0.949. The van der Waals surface area contributed by atoms with E-state index in [1.165, 1.54) is 47.6 Å². The maximum atomic E-state index is 14.3. The van der Waals surface area contributed by atoms with Crippen molar-refractivity contribution >= 4 is 69.6 Å². The molecule has 6 heterocycles. The van der Waals surface area contributed by atoms with Gasteiger partial charge in [0.15, 0.2) is 11.6 Å². The Kier molecular flexibility index (Phi) is 15.1. The van der Waals surface area contributed by atoms with Crippen LogP contribution in [0.1, 0.15) is 71.7 Å². The van der Waals surface area contributed by atoms with Crippen LogP contribution in [0.5, 0.6) is 0 Å². The maximum Gasteiger partial charge on any atom is 0.407 e. The molecule has 400 valence electrons. The molecule has 4 unspecified atom stereocenters. The largest absolute Gasteiger partial charge is 0.453 e. The number of nitrogens with zero attached hydrogens (tertiary/aromatic N) is 4. The normalized spacial score (nSPS) is 20.4. The van der Waals surface area contributed by atoms with Gasteiger partial charge >= 0.3 is 12.2 Å². The molecule has 0 radical (unpaired) electrons. The number of aryl methyl sites for hydroxylation is 4. The lowest BCUT2D eigenvalue weighted by Crippen LogP contribution is -2.50. The molecule has 4 fully saturated rings. The number of fused-ring (bicyclic) bond motifs is 2. The molecule has 8 aliphatic rings. The fourth-order valence-corrected chi connectivity index (χ4v) is 12.6. The summed E-state index contributed by atoms with van der Waals surface area (Å²) in [5.41, 5.74) is 12.7. The van der Waals surface area contributed by atoms with Crippen LogP contribution in [0.2, 0.25) is 0 Å². The van der Waals surface area contributed by atoms with Crippen LogP contribution in [0.4, 0.5) is 9.59 Å². The number of ether oxygens (including phenoxy) is 6. The highest BCUT2D eigenvalue weighted by Crippen LogP contribution is 2.45. The third-order valence-electron chi connectivity index (χ3n) is 15.5. The molecule has 4 aromatic carbocycles. The van der Waals surface area contributed by atoms with Crippen LogP contribution in [0.15, 0.2) is 72.8 Å². The number of aromatic amines is 2. The highest BCUT2D eigenvalue weighted by molar-refractivity contribution is 7.98. The molecule has 4 atom stereocenters. The lowest BCUT2D eigenvalue weighted by atomic mass is 9.87. The van der Waals surface area contributed by atoms with Gasteiger partial charge in [-0.2, -0.15) is 23.5 Å². The van der Waals surface area contributed by atoms with E-state index in [0.29, 0.717) is 75.3 Å². The van der Waals surface area contributed by atoms with Gasteiger partial charge in [-0.1, -0.05) is 48.5 Å². The average Bonchev–Trinajstić information content (AvgIpc) is 4.34. The molecule has 4 aliphatic heterocycles. The first-order chi connectivity index (χ1) is 37.0. The van der Waals surface area contributed by atoms with E-state index in [0.717, 1.165) is 58.9 Å². The zero-order valence-corrected chi connectivity index (χ0v) is 44.9. The Morgan fingerprint density at radius 1 is 0.618 bits per heavy atom. The number of rotatable bonds is 14. The van der Waals surface area contributed by atoms with E-state index in [-0.39, 0.29) is 24.9 Å². The lowest BCUT2D eigenvalue weighted by Gasteiger charge is -2.28. The third-order valence-corrected chi connectivity index (χ3v) is 16.8. The lowest BCUT2D eigenvalue weighted by molar-refractivity contribution is -0.153. The summed E-state index contributed by atoms with van der Waals surface area (Å²) in [7, 11) is 2.58. The molecule has 2 spiro atoms. The Bertz CT molecular complexity index is 2940. The molecule has 20 heteroatoms. The smallest absolute Gasteiger partial charge is 0.407 e. The summed E-state index contributed by atoms with van der Waals surface area (Å²) in [5.74, 6) is 0.252. The van der Waals surface area contributed by atoms with E-state index in [1.807, 2.05) is 24.6 Å². The van der Waals surface area contributed by atoms with Crippen molar-refractivity contribution in [2.24, 2.45) is 0 Å². The number of methoxy groups -OCH3 is 2. The van der Waals surface area contributed by atoms with Crippen LogP contribution in [0.25, 0.3) is 44.3 Å². The van der Waals surface area contributed by atoms with Gasteiger partial charge in [0.1, 0.15) is 23.7 Å². The number of alkyl carbamates (subject to hydrolysis) is 2. The highest BCUT2D eigenvalue weighted by atomic mass is 32.2. The first kappa shape index (κ1) is 51.9. The van der Waals surface area contributed by atoms with E-state index in [4.69, 9.17) is 38.4 Å². The van der Waals surface area contributed by atoms with Gasteiger partial charge < -0.3 is 58.8 Å². The predicted octanol–water partition coefficient (Wildman–Crippen LogP) is 7.65. The fourth-order valence-electron chi connectivity index (χ4n) is 11.6. The van der Waals surface area contributed by atoms with Crippen LogP contribution in [0.3, 0.4) is 0 Å². The Balaban J connectivity index is 0.841. The van der Waals surface area contributed by atoms with Gasteiger partial charge in [-0.15, -0.1) is 0 Å². The number of benzene rings is 4. The summed E-state index contributed by atoms with van der Waals surface area (Å²) < 4.78 is 34.4. The van der Waals surface area contributed by atoms with Crippen LogP contribution in [0, 0.1) is 0 Å². The Morgan fingerprint density at radius 2 is 1.04 bits per heavy atom. The monoisotopic (exact) mass is 1070 g/mol. The third kappa shape index (κ3) is 10.5. The molecule has 76 heavy (non-hydrogen) atoms. The molecule has 6 aromatic rings. The molecule has 14 rings (SSSR count). The topological polar surface area (TPSA) is 212 Å². The molecular formula is C56H64N8O10S2. The second-order valence-corrected chi connectivity index (χ2v) is 22.2. The van der Waals surface area contributed by atoms with Gasteiger partial charge in [0.2, 0.25) is 11.8 Å². The van der Waals surface area contributed by atoms with Gasteiger partial charge in [0.05, 0.1) is 87.9 Å². The number of hydrogen-bond acceptors (Lipinski definition) is 14. The van der Waals surface area contributed by atoms with Gasteiger partial charge in [-0.3, -0.25) is 9.59 Å². The Morgan fingerprint density at radius 3 is 1.43 bits per heavy atom. The summed E-state index contributed by atoms with van der Waals surface area (Å²) in [6.07, 6.45) is 7.60. The summed E-state index contributed by atoms with van der Waals surface area (Å²) >= 11 is 3.21. The molecule has 18 nitrogen and oxygen atoms in total. The van der Waals surface area contributed by atoms with Gasteiger partial charge in [-0.05, 0) is 131 Å². The van der Waals surface area contributed by atoms with Gasteiger partial charge in [0, 0.05) is 12.8 Å². The summed E-state index contributed by atoms with van der Waals surface area (Å²) in [4.78, 5) is 74.2. The number of carbonyl (C=O) groups is 4. The van der Waals surface area contributed by atoms with Crippen molar-refractivity contribution in [3.8, 4) is 22.3 Å². The standard InChI is InChI=1S/C56H64N8O10S2/c1-69-53(67)61-43(17-23-75-3)51(65)63-31-55(71-19-20-72-55)29-47(63)49-57-41-15-13-37(27-45(41)59-49)39-25-33-5-9-35(39)11-7-34-6-10-36(12-8-33)40(26-34)38-14-16-42-46(28-38)60-50(58-42)48-30-56(73-21-22-74-56)32-64(48)52(66)44(18-24-76-4)62-54(68)70-2/h5-6,9-10,13-16,25-28,43-44,47-48H,7-8,11-12,17-24,29-32H2,1-4H3,(H,57,59)(H,58,60)(H,61,67)(H,62,68). The van der Waals surface area contributed by atoms with Crippen molar-refractivity contribution in [2.75, 3.05) is 77.8 Å². The van der Waals surface area contributed by atoms with Crippen LogP contribution >= 0.6 is 23.5 Å². The van der Waals surface area contributed by atoms with E-state index < -0.39 is 47.9 Å². The second kappa shape index (κ2) is 22.1. The van der Waals surface area contributed by atoms with Crippen molar-refractivity contribution in [3.63, 3.8) is 0 Å². The van der Waals surface area contributed by atoms with Crippen molar-refractivity contribution < 1.29 is 47.6 Å². The molecule has 2 aromatic heterocycles. The molecule has 4 aliphatic carbocycles. The Hall–Kier alpha value is -6.16. The number of likely N-dealkylation sites (tertiary alicyclic amines) is 2. The maximum absolute atomic E-state index is 14.3. The molecule has 0 saturated carbocycles. The fraction of sp³-hybridized carbons (Fsp3) is 0.464. The average molecular weight is 1070 g/mol. The summed E-state index contributed by atoms with van der Waals surface area (Å²) in [6.45, 7) is 2.18. The van der Waals surface area contributed by atoms with Crippen LogP contribution in [-0.4, -0.2) is 155 Å². The van der Waals surface area contributed by atoms with Crippen LogP contribution < -0.4 is 10.6 Å². The zero-order chi connectivity index (χ0) is 52.6. The number of imidazole rings is 2. The minimum absolute atomic E-state index is 0.217. The molecule has 4 N–H and O–H groups in total. The number of nitrogens with one attached hydrogen (secondary N) is 4. The van der Waals surface area contributed by atoms with Crippen molar-refractivity contribution in [1.29, 1.82) is 0 Å². The number of hydrogen-bond donors (Lipinski definition) is 4. The van der Waals surface area contributed by atoms with Crippen molar-refractivity contribution in [2.45, 2.75) is 87.1 Å². The highest BCUT2D eigenvalue weighted by Gasteiger charge is 2.54. The number of amides is 4. The molecular weight excluding hydrogens is 1010 g/mol. The zero-order valence-electron chi connectivity index (χ0n) is 43.2. The van der Waals surface area contributed by atoms with E-state index in [9.17, 15) is 19.2 Å². The van der Waals surface area contributed by atoms with Gasteiger partial charge in [-0.25, -0.2) is 19.6 Å². The molecule has 4 bridgehead atoms. The molecule has 4 amide bonds. The molecule has 4 saturated heterocycles. The number of H-pyrrole nitrogens is 2. The second-order valence-electron chi connectivity index (χ2n) is 20.2. The number of thioether (sulfide) groups is 2. The quantitative estimate of drug-likeness (QED) is 0.0826. The summed E-state index contributed by atoms with van der Waals surface area (Å²) in [6, 6.07) is 23.9.